The molecule has 1 aliphatic carbocycles. The van der Waals surface area contributed by atoms with E-state index in [0.717, 1.165) is 12.6 Å². The molecule has 1 atom stereocenters. The van der Waals surface area contributed by atoms with Crippen molar-refractivity contribution in [2.75, 3.05) is 13.1 Å². The number of sulfonamides is 1. The van der Waals surface area contributed by atoms with Gasteiger partial charge in [-0.2, -0.15) is 0 Å². The van der Waals surface area contributed by atoms with Gasteiger partial charge in [-0.3, -0.25) is 0 Å². The van der Waals surface area contributed by atoms with Gasteiger partial charge in [0.05, 0.1) is 4.90 Å². The van der Waals surface area contributed by atoms with Gasteiger partial charge in [0.2, 0.25) is 10.0 Å². The third-order valence-corrected chi connectivity index (χ3v) is 5.41. The Balaban J connectivity index is 2.14. The van der Waals surface area contributed by atoms with Crippen molar-refractivity contribution >= 4 is 10.0 Å². The lowest BCUT2D eigenvalue weighted by Crippen LogP contribution is -2.30. The highest BCUT2D eigenvalue weighted by molar-refractivity contribution is 7.89. The molecular weight excluding hydrogens is 291 g/mol. The summed E-state index contributed by atoms with van der Waals surface area (Å²) in [7, 11) is -3.67. The van der Waals surface area contributed by atoms with E-state index in [9.17, 15) is 12.8 Å². The van der Waals surface area contributed by atoms with Crippen LogP contribution in [0.4, 0.5) is 4.39 Å². The van der Waals surface area contributed by atoms with Gasteiger partial charge in [-0.15, -0.1) is 0 Å². The molecule has 1 saturated carbocycles. The molecular formula is C15H23FN2O2S. The lowest BCUT2D eigenvalue weighted by molar-refractivity contribution is 0.491. The van der Waals surface area contributed by atoms with Crippen molar-refractivity contribution in [3.8, 4) is 0 Å². The third kappa shape index (κ3) is 4.49. The first-order chi connectivity index (χ1) is 9.94. The molecule has 0 amide bonds. The standard InChI is InChI=1S/C15H23FN2O2S/c1-3-17-10-13-6-7-14(16)8-15(13)21(19,20)18-9-11(2)12-4-5-12/h6-8,11-12,17-18H,3-5,9-10H2,1-2H3. The maximum atomic E-state index is 13.4. The Labute approximate surface area is 126 Å². The monoisotopic (exact) mass is 314 g/mol. The molecule has 1 unspecified atom stereocenters. The van der Waals surface area contributed by atoms with Gasteiger partial charge in [-0.05, 0) is 48.9 Å². The highest BCUT2D eigenvalue weighted by Gasteiger charge is 2.29. The number of nitrogens with one attached hydrogen (secondary N) is 2. The third-order valence-electron chi connectivity index (χ3n) is 3.91. The highest BCUT2D eigenvalue weighted by Crippen LogP contribution is 2.36. The second kappa shape index (κ2) is 6.85. The molecule has 4 nitrogen and oxygen atoms in total. The van der Waals surface area contributed by atoms with Crippen LogP contribution >= 0.6 is 0 Å². The summed E-state index contributed by atoms with van der Waals surface area (Å²) in [4.78, 5) is 0.0337. The Kier molecular flexibility index (Phi) is 5.35. The molecule has 0 radical (unpaired) electrons. The fraction of sp³-hybridized carbons (Fsp3) is 0.600. The average Bonchev–Trinajstić information content (AvgIpc) is 3.28. The van der Waals surface area contributed by atoms with Crippen molar-refractivity contribution < 1.29 is 12.8 Å². The van der Waals surface area contributed by atoms with E-state index in [1.807, 2.05) is 13.8 Å². The first kappa shape index (κ1) is 16.4. The fourth-order valence-electron chi connectivity index (χ4n) is 2.34. The Bertz CT molecular complexity index is 585. The summed E-state index contributed by atoms with van der Waals surface area (Å²) in [5.74, 6) is 0.415. The summed E-state index contributed by atoms with van der Waals surface area (Å²) < 4.78 is 40.9. The van der Waals surface area contributed by atoms with Crippen LogP contribution in [-0.2, 0) is 16.6 Å². The Hall–Kier alpha value is -0.980. The zero-order valence-corrected chi connectivity index (χ0v) is 13.3. The minimum absolute atomic E-state index is 0.0337. The van der Waals surface area contributed by atoms with Crippen LogP contribution in [0.2, 0.25) is 0 Å². The summed E-state index contributed by atoms with van der Waals surface area (Å²) in [6, 6.07) is 3.91. The van der Waals surface area contributed by atoms with E-state index < -0.39 is 15.8 Å². The second-order valence-electron chi connectivity index (χ2n) is 5.70. The van der Waals surface area contributed by atoms with Gasteiger partial charge in [0.15, 0.2) is 0 Å². The first-order valence-corrected chi connectivity index (χ1v) is 8.91. The molecule has 0 aliphatic heterocycles. The van der Waals surface area contributed by atoms with Crippen LogP contribution in [0.15, 0.2) is 23.1 Å². The molecule has 0 spiro atoms. The van der Waals surface area contributed by atoms with Crippen molar-refractivity contribution in [2.24, 2.45) is 11.8 Å². The SMILES string of the molecule is CCNCc1ccc(F)cc1S(=O)(=O)NCC(C)C1CC1. The maximum absolute atomic E-state index is 13.4. The summed E-state index contributed by atoms with van der Waals surface area (Å²) in [6.07, 6.45) is 2.35. The van der Waals surface area contributed by atoms with Crippen LogP contribution in [0.1, 0.15) is 32.3 Å². The van der Waals surface area contributed by atoms with E-state index >= 15 is 0 Å². The van der Waals surface area contributed by atoms with Crippen molar-refractivity contribution in [3.63, 3.8) is 0 Å². The van der Waals surface area contributed by atoms with Gasteiger partial charge in [0.25, 0.3) is 0 Å². The molecule has 1 aromatic carbocycles. The summed E-state index contributed by atoms with van der Waals surface area (Å²) in [5.41, 5.74) is 0.588. The van der Waals surface area contributed by atoms with Crippen molar-refractivity contribution in [1.82, 2.24) is 10.0 Å². The fourth-order valence-corrected chi connectivity index (χ4v) is 3.73. The van der Waals surface area contributed by atoms with Crippen LogP contribution in [0, 0.1) is 17.7 Å². The smallest absolute Gasteiger partial charge is 0.241 e. The van der Waals surface area contributed by atoms with Crippen LogP contribution in [0.25, 0.3) is 0 Å². The lowest BCUT2D eigenvalue weighted by atomic mass is 10.1. The highest BCUT2D eigenvalue weighted by atomic mass is 32.2. The Morgan fingerprint density at radius 1 is 1.38 bits per heavy atom. The Morgan fingerprint density at radius 2 is 2.10 bits per heavy atom. The van der Waals surface area contributed by atoms with Gasteiger partial charge in [0.1, 0.15) is 5.82 Å². The summed E-state index contributed by atoms with van der Waals surface area (Å²) in [5, 5.41) is 3.07. The molecule has 2 N–H and O–H groups in total. The van der Waals surface area contributed by atoms with Gasteiger partial charge >= 0.3 is 0 Å². The molecule has 1 aliphatic rings. The molecule has 118 valence electrons. The zero-order valence-electron chi connectivity index (χ0n) is 12.5. The van der Waals surface area contributed by atoms with Crippen LogP contribution in [0.5, 0.6) is 0 Å². The number of hydrogen-bond acceptors (Lipinski definition) is 3. The lowest BCUT2D eigenvalue weighted by Gasteiger charge is -2.15. The summed E-state index contributed by atoms with van der Waals surface area (Å²) >= 11 is 0. The zero-order chi connectivity index (χ0) is 15.5. The van der Waals surface area contributed by atoms with Gasteiger partial charge < -0.3 is 5.32 Å². The average molecular weight is 314 g/mol. The molecule has 2 rings (SSSR count). The molecule has 1 aromatic rings. The van der Waals surface area contributed by atoms with Crippen molar-refractivity contribution in [1.29, 1.82) is 0 Å². The number of rotatable bonds is 8. The molecule has 0 aromatic heterocycles. The van der Waals surface area contributed by atoms with E-state index in [2.05, 4.69) is 10.0 Å². The molecule has 21 heavy (non-hydrogen) atoms. The van der Waals surface area contributed by atoms with E-state index in [1.165, 1.54) is 25.0 Å². The molecule has 0 heterocycles. The number of halogens is 1. The second-order valence-corrected chi connectivity index (χ2v) is 7.43. The quantitative estimate of drug-likeness (QED) is 0.774. The normalized spacial score (nSPS) is 16.9. The molecule has 0 bridgehead atoms. The van der Waals surface area contributed by atoms with E-state index in [4.69, 9.17) is 0 Å². The Morgan fingerprint density at radius 3 is 2.71 bits per heavy atom. The van der Waals surface area contributed by atoms with Gasteiger partial charge in [-0.1, -0.05) is 19.9 Å². The van der Waals surface area contributed by atoms with E-state index in [1.54, 1.807) is 0 Å². The van der Waals surface area contributed by atoms with Crippen molar-refractivity contribution in [2.45, 2.75) is 38.1 Å². The predicted molar refractivity (Wildman–Crippen MR) is 80.9 cm³/mol. The molecule has 1 fully saturated rings. The predicted octanol–water partition coefficient (Wildman–Crippen LogP) is 2.26. The van der Waals surface area contributed by atoms with E-state index in [0.29, 0.717) is 30.5 Å². The number of hydrogen-bond donors (Lipinski definition) is 2. The van der Waals surface area contributed by atoms with E-state index in [-0.39, 0.29) is 4.90 Å². The summed E-state index contributed by atoms with van der Waals surface area (Å²) in [6.45, 7) is 5.52. The van der Waals surface area contributed by atoms with Gasteiger partial charge in [-0.25, -0.2) is 17.5 Å². The molecule has 0 saturated heterocycles. The topological polar surface area (TPSA) is 58.2 Å². The number of benzene rings is 1. The minimum atomic E-state index is -3.67. The maximum Gasteiger partial charge on any atom is 0.241 e. The van der Waals surface area contributed by atoms with Gasteiger partial charge in [0, 0.05) is 13.1 Å². The molecule has 6 heteroatoms. The van der Waals surface area contributed by atoms with Crippen LogP contribution in [-0.4, -0.2) is 21.5 Å². The van der Waals surface area contributed by atoms with Crippen LogP contribution < -0.4 is 10.0 Å². The largest absolute Gasteiger partial charge is 0.313 e. The first-order valence-electron chi connectivity index (χ1n) is 7.43. The minimum Gasteiger partial charge on any atom is -0.313 e. The van der Waals surface area contributed by atoms with Crippen LogP contribution in [0.3, 0.4) is 0 Å². The van der Waals surface area contributed by atoms with Crippen molar-refractivity contribution in [3.05, 3.63) is 29.6 Å².